The first-order valence-electron chi connectivity index (χ1n) is 7.30. The first kappa shape index (κ1) is 12.8. The molecule has 2 heterocycles. The van der Waals surface area contributed by atoms with E-state index >= 15 is 0 Å². The van der Waals surface area contributed by atoms with Gasteiger partial charge in [-0.2, -0.15) is 0 Å². The fraction of sp³-hybridized carbons (Fsp3) is 0.714. The first-order chi connectivity index (χ1) is 9.36. The van der Waals surface area contributed by atoms with E-state index in [0.717, 1.165) is 50.5 Å². The molecular weight excluding hydrogens is 240 g/mol. The van der Waals surface area contributed by atoms with Gasteiger partial charge in [-0.3, -0.25) is 0 Å². The minimum atomic E-state index is 0.564. The maximum atomic E-state index is 5.64. The molecule has 1 aromatic heterocycles. The Labute approximate surface area is 113 Å². The van der Waals surface area contributed by atoms with Gasteiger partial charge in [-0.1, -0.05) is 6.42 Å². The molecule has 19 heavy (non-hydrogen) atoms. The average molecular weight is 262 g/mol. The van der Waals surface area contributed by atoms with Crippen LogP contribution in [0.3, 0.4) is 0 Å². The lowest BCUT2D eigenvalue weighted by atomic mass is 10.0. The summed E-state index contributed by atoms with van der Waals surface area (Å²) < 4.78 is 5.42. The van der Waals surface area contributed by atoms with Gasteiger partial charge in [-0.25, -0.2) is 15.8 Å². The Kier molecular flexibility index (Phi) is 3.94. The highest BCUT2D eigenvalue weighted by Gasteiger charge is 2.20. The molecule has 1 fully saturated rings. The van der Waals surface area contributed by atoms with E-state index in [1.807, 2.05) is 0 Å². The smallest absolute Gasteiger partial charge is 0.147 e. The molecule has 3 rings (SSSR count). The fourth-order valence-electron chi connectivity index (χ4n) is 3.04. The third-order valence-corrected chi connectivity index (χ3v) is 4.11. The van der Waals surface area contributed by atoms with Crippen LogP contribution in [0.15, 0.2) is 0 Å². The Balaban J connectivity index is 1.86. The monoisotopic (exact) mass is 262 g/mol. The van der Waals surface area contributed by atoms with Crippen molar-refractivity contribution in [3.05, 3.63) is 17.1 Å². The van der Waals surface area contributed by atoms with Crippen molar-refractivity contribution in [2.24, 2.45) is 11.8 Å². The van der Waals surface area contributed by atoms with Crippen molar-refractivity contribution in [3.63, 3.8) is 0 Å². The highest BCUT2D eigenvalue weighted by atomic mass is 16.5. The highest BCUT2D eigenvalue weighted by molar-refractivity contribution is 5.46. The second-order valence-electron chi connectivity index (χ2n) is 5.55. The van der Waals surface area contributed by atoms with Crippen molar-refractivity contribution in [2.75, 3.05) is 18.6 Å². The van der Waals surface area contributed by atoms with Crippen LogP contribution in [0.4, 0.5) is 5.82 Å². The molecule has 1 aliphatic heterocycles. The van der Waals surface area contributed by atoms with Gasteiger partial charge in [0.05, 0.1) is 0 Å². The van der Waals surface area contributed by atoms with Gasteiger partial charge in [0.25, 0.3) is 0 Å². The molecule has 0 saturated carbocycles. The van der Waals surface area contributed by atoms with Gasteiger partial charge in [0.2, 0.25) is 0 Å². The van der Waals surface area contributed by atoms with Crippen LogP contribution >= 0.6 is 0 Å². The van der Waals surface area contributed by atoms with Crippen LogP contribution in [0, 0.1) is 5.92 Å². The van der Waals surface area contributed by atoms with E-state index in [2.05, 4.69) is 10.4 Å². The molecule has 0 aromatic carbocycles. The number of hydrogen-bond acceptors (Lipinski definition) is 5. The molecule has 1 unspecified atom stereocenters. The number of hydrazine groups is 1. The number of nitrogen functional groups attached to an aromatic ring is 1. The van der Waals surface area contributed by atoms with Gasteiger partial charge in [0, 0.05) is 30.9 Å². The summed E-state index contributed by atoms with van der Waals surface area (Å²) in [5.74, 6) is 7.96. The summed E-state index contributed by atoms with van der Waals surface area (Å²) in [6.07, 6.45) is 7.82. The van der Waals surface area contributed by atoms with Crippen molar-refractivity contribution in [1.82, 2.24) is 9.97 Å². The summed E-state index contributed by atoms with van der Waals surface area (Å²) in [5, 5.41) is 0. The summed E-state index contributed by atoms with van der Waals surface area (Å²) in [5.41, 5.74) is 5.20. The molecule has 1 aliphatic carbocycles. The predicted molar refractivity (Wildman–Crippen MR) is 73.7 cm³/mol. The lowest BCUT2D eigenvalue weighted by molar-refractivity contribution is 0.185. The summed E-state index contributed by atoms with van der Waals surface area (Å²) in [4.78, 5) is 9.39. The van der Waals surface area contributed by atoms with Crippen molar-refractivity contribution in [3.8, 4) is 0 Å². The summed E-state index contributed by atoms with van der Waals surface area (Å²) in [6, 6.07) is 0. The average Bonchev–Trinajstić information content (AvgIpc) is 2.81. The highest BCUT2D eigenvalue weighted by Crippen LogP contribution is 2.25. The SMILES string of the molecule is NNc1nc(CC2CCOC2)nc2c1CCCCC2. The number of fused-ring (bicyclic) bond motifs is 1. The lowest BCUT2D eigenvalue weighted by Gasteiger charge is -2.14. The number of anilines is 1. The van der Waals surface area contributed by atoms with Crippen LogP contribution in [-0.4, -0.2) is 23.2 Å². The van der Waals surface area contributed by atoms with Gasteiger partial charge in [-0.15, -0.1) is 0 Å². The third kappa shape index (κ3) is 2.87. The molecule has 104 valence electrons. The van der Waals surface area contributed by atoms with Gasteiger partial charge in [0.1, 0.15) is 11.6 Å². The largest absolute Gasteiger partial charge is 0.381 e. The quantitative estimate of drug-likeness (QED) is 0.492. The molecular formula is C14H22N4O. The molecule has 3 N–H and O–H groups in total. The Morgan fingerprint density at radius 1 is 1.21 bits per heavy atom. The van der Waals surface area contributed by atoms with Crippen molar-refractivity contribution in [2.45, 2.75) is 44.9 Å². The molecule has 0 spiro atoms. The molecule has 1 saturated heterocycles. The first-order valence-corrected chi connectivity index (χ1v) is 7.30. The summed E-state index contributed by atoms with van der Waals surface area (Å²) >= 11 is 0. The van der Waals surface area contributed by atoms with Crippen molar-refractivity contribution >= 4 is 5.82 Å². The van der Waals surface area contributed by atoms with Crippen LogP contribution in [0.5, 0.6) is 0 Å². The van der Waals surface area contributed by atoms with Crippen LogP contribution < -0.4 is 11.3 Å². The minimum absolute atomic E-state index is 0.564. The van der Waals surface area contributed by atoms with Crippen LogP contribution in [0.1, 0.15) is 42.8 Å². The number of aromatic nitrogens is 2. The van der Waals surface area contributed by atoms with E-state index in [0.29, 0.717) is 5.92 Å². The second kappa shape index (κ2) is 5.84. The van der Waals surface area contributed by atoms with Gasteiger partial charge in [-0.05, 0) is 38.0 Å². The molecule has 1 aromatic rings. The number of rotatable bonds is 3. The van der Waals surface area contributed by atoms with E-state index in [9.17, 15) is 0 Å². The minimum Gasteiger partial charge on any atom is -0.381 e. The molecule has 5 nitrogen and oxygen atoms in total. The van der Waals surface area contributed by atoms with E-state index in [4.69, 9.17) is 15.6 Å². The molecule has 0 amide bonds. The molecule has 0 radical (unpaired) electrons. The van der Waals surface area contributed by atoms with E-state index in [1.165, 1.54) is 30.5 Å². The van der Waals surface area contributed by atoms with E-state index in [-0.39, 0.29) is 0 Å². The van der Waals surface area contributed by atoms with E-state index < -0.39 is 0 Å². The van der Waals surface area contributed by atoms with Crippen LogP contribution in [-0.2, 0) is 24.0 Å². The Morgan fingerprint density at radius 3 is 2.89 bits per heavy atom. The van der Waals surface area contributed by atoms with Gasteiger partial charge in [0.15, 0.2) is 0 Å². The van der Waals surface area contributed by atoms with Crippen LogP contribution in [0.2, 0.25) is 0 Å². The van der Waals surface area contributed by atoms with Crippen LogP contribution in [0.25, 0.3) is 0 Å². The normalized spacial score (nSPS) is 22.9. The molecule has 0 bridgehead atoms. The number of nitrogens with two attached hydrogens (primary N) is 1. The standard InChI is InChI=1S/C14H22N4O/c15-18-14-11-4-2-1-3-5-12(11)16-13(17-14)8-10-6-7-19-9-10/h10H,1-9,15H2,(H,16,17,18). The zero-order valence-electron chi connectivity index (χ0n) is 11.3. The van der Waals surface area contributed by atoms with Crippen molar-refractivity contribution < 1.29 is 4.74 Å². The molecule has 2 aliphatic rings. The maximum Gasteiger partial charge on any atom is 0.147 e. The number of aryl methyl sites for hydroxylation is 1. The van der Waals surface area contributed by atoms with Gasteiger partial charge >= 0.3 is 0 Å². The predicted octanol–water partition coefficient (Wildman–Crippen LogP) is 1.61. The maximum absolute atomic E-state index is 5.64. The fourth-order valence-corrected chi connectivity index (χ4v) is 3.04. The molecule has 1 atom stereocenters. The van der Waals surface area contributed by atoms with Crippen molar-refractivity contribution in [1.29, 1.82) is 0 Å². The summed E-state index contributed by atoms with van der Waals surface area (Å²) in [6.45, 7) is 1.71. The number of ether oxygens (including phenoxy) is 1. The summed E-state index contributed by atoms with van der Waals surface area (Å²) in [7, 11) is 0. The Hall–Kier alpha value is -1.20. The topological polar surface area (TPSA) is 73.1 Å². The Morgan fingerprint density at radius 2 is 2.11 bits per heavy atom. The van der Waals surface area contributed by atoms with E-state index in [1.54, 1.807) is 0 Å². The Bertz CT molecular complexity index is 443. The van der Waals surface area contributed by atoms with Gasteiger partial charge < -0.3 is 10.2 Å². The molecule has 5 heteroatoms. The number of hydrogen-bond donors (Lipinski definition) is 2. The lowest BCUT2D eigenvalue weighted by Crippen LogP contribution is -2.17. The number of nitrogens with one attached hydrogen (secondary N) is 1. The number of nitrogens with zero attached hydrogens (tertiary/aromatic N) is 2. The zero-order valence-corrected chi connectivity index (χ0v) is 11.3. The second-order valence-corrected chi connectivity index (χ2v) is 5.55. The third-order valence-electron chi connectivity index (χ3n) is 4.11. The zero-order chi connectivity index (χ0) is 13.1.